The van der Waals surface area contributed by atoms with Crippen LogP contribution in [0.15, 0.2) is 23.0 Å². The first-order valence-corrected chi connectivity index (χ1v) is 6.50. The van der Waals surface area contributed by atoms with Crippen LogP contribution in [0.3, 0.4) is 0 Å². The van der Waals surface area contributed by atoms with E-state index in [2.05, 4.69) is 25.8 Å². The van der Waals surface area contributed by atoms with Crippen molar-refractivity contribution in [3.8, 4) is 0 Å². The normalized spacial score (nSPS) is 10.7. The molecule has 0 unspecified atom stereocenters. The van der Waals surface area contributed by atoms with E-state index in [0.29, 0.717) is 29.6 Å². The van der Waals surface area contributed by atoms with Crippen molar-refractivity contribution in [1.29, 1.82) is 0 Å². The van der Waals surface area contributed by atoms with E-state index < -0.39 is 0 Å². The lowest BCUT2D eigenvalue weighted by Crippen LogP contribution is -2.31. The topological polar surface area (TPSA) is 96.2 Å². The van der Waals surface area contributed by atoms with Crippen molar-refractivity contribution in [1.82, 2.24) is 25.3 Å². The van der Waals surface area contributed by atoms with Crippen LogP contribution in [0.25, 0.3) is 0 Å². The third kappa shape index (κ3) is 4.53. The molecule has 0 saturated carbocycles. The van der Waals surface area contributed by atoms with Gasteiger partial charge in [-0.25, -0.2) is 9.97 Å². The summed E-state index contributed by atoms with van der Waals surface area (Å²) in [7, 11) is 3.89. The van der Waals surface area contributed by atoms with E-state index in [4.69, 9.17) is 4.52 Å². The maximum atomic E-state index is 11.8. The minimum atomic E-state index is -0.194. The van der Waals surface area contributed by atoms with E-state index in [1.807, 2.05) is 19.0 Å². The van der Waals surface area contributed by atoms with Crippen LogP contribution in [0.1, 0.15) is 16.1 Å². The number of carbonyl (C=O) groups is 1. The van der Waals surface area contributed by atoms with Crippen molar-refractivity contribution >= 4 is 17.7 Å². The molecule has 1 amide bonds. The second kappa shape index (κ2) is 6.80. The fourth-order valence-electron chi connectivity index (χ4n) is 1.54. The molecule has 2 heterocycles. The van der Waals surface area contributed by atoms with E-state index in [1.165, 1.54) is 12.4 Å². The average Bonchev–Trinajstić information content (AvgIpc) is 2.84. The number of hydrogen-bond donors (Lipinski definition) is 2. The van der Waals surface area contributed by atoms with E-state index in [1.54, 1.807) is 13.0 Å². The molecule has 112 valence electrons. The van der Waals surface area contributed by atoms with Crippen LogP contribution in [0.5, 0.6) is 0 Å². The molecule has 0 spiro atoms. The maximum Gasteiger partial charge on any atom is 0.254 e. The van der Waals surface area contributed by atoms with Gasteiger partial charge >= 0.3 is 0 Å². The summed E-state index contributed by atoms with van der Waals surface area (Å²) in [5.74, 6) is 1.37. The Morgan fingerprint density at radius 2 is 2.05 bits per heavy atom. The Bertz CT molecular complexity index is 593. The van der Waals surface area contributed by atoms with Gasteiger partial charge in [-0.3, -0.25) is 4.79 Å². The molecule has 2 rings (SSSR count). The van der Waals surface area contributed by atoms with Crippen LogP contribution in [-0.2, 0) is 0 Å². The lowest BCUT2D eigenvalue weighted by atomic mass is 10.3. The van der Waals surface area contributed by atoms with Crippen molar-refractivity contribution in [2.75, 3.05) is 32.5 Å². The molecule has 0 radical (unpaired) electrons. The van der Waals surface area contributed by atoms with Crippen LogP contribution < -0.4 is 10.6 Å². The number of anilines is 2. The molecule has 8 nitrogen and oxygen atoms in total. The van der Waals surface area contributed by atoms with Gasteiger partial charge in [0.1, 0.15) is 5.76 Å². The number of rotatable bonds is 6. The Morgan fingerprint density at radius 1 is 1.33 bits per heavy atom. The van der Waals surface area contributed by atoms with Crippen LogP contribution in [0, 0.1) is 6.92 Å². The van der Waals surface area contributed by atoms with Crippen molar-refractivity contribution in [3.05, 3.63) is 29.8 Å². The monoisotopic (exact) mass is 290 g/mol. The maximum absolute atomic E-state index is 11.8. The molecule has 21 heavy (non-hydrogen) atoms. The summed E-state index contributed by atoms with van der Waals surface area (Å²) in [6, 6.07) is 1.73. The van der Waals surface area contributed by atoms with Crippen LogP contribution >= 0.6 is 0 Å². The van der Waals surface area contributed by atoms with Crippen LogP contribution in [0.4, 0.5) is 11.8 Å². The molecule has 0 bridgehead atoms. The van der Waals surface area contributed by atoms with Crippen molar-refractivity contribution in [2.24, 2.45) is 0 Å². The predicted octanol–water partition coefficient (Wildman–Crippen LogP) is 0.808. The number of nitrogens with one attached hydrogen (secondary N) is 2. The first-order valence-electron chi connectivity index (χ1n) is 6.50. The molecule has 2 aromatic rings. The molecule has 0 aliphatic rings. The van der Waals surface area contributed by atoms with Crippen LogP contribution in [0.2, 0.25) is 0 Å². The zero-order chi connectivity index (χ0) is 15.2. The lowest BCUT2D eigenvalue weighted by molar-refractivity contribution is 0.0950. The summed E-state index contributed by atoms with van der Waals surface area (Å²) in [5, 5.41) is 9.45. The zero-order valence-corrected chi connectivity index (χ0v) is 12.3. The molecule has 0 saturated heterocycles. The molecule has 0 aliphatic heterocycles. The Kier molecular flexibility index (Phi) is 4.83. The third-order valence-corrected chi connectivity index (χ3v) is 2.63. The number of amides is 1. The minimum absolute atomic E-state index is 0.194. The second-order valence-electron chi connectivity index (χ2n) is 4.80. The summed E-state index contributed by atoms with van der Waals surface area (Å²) < 4.78 is 4.93. The fraction of sp³-hybridized carbons (Fsp3) is 0.385. The summed E-state index contributed by atoms with van der Waals surface area (Å²) in [5.41, 5.74) is 0.413. The summed E-state index contributed by atoms with van der Waals surface area (Å²) >= 11 is 0. The van der Waals surface area contributed by atoms with E-state index in [0.717, 1.165) is 6.54 Å². The standard InChI is InChI=1S/C13H18N6O2/c1-9-6-11(18-21-9)17-13-15-7-10(8-16-13)12(20)14-4-5-19(2)3/h6-8H,4-5H2,1-3H3,(H,14,20)(H,15,16,17,18). The summed E-state index contributed by atoms with van der Waals surface area (Å²) in [6.07, 6.45) is 2.93. The number of carbonyl (C=O) groups excluding carboxylic acids is 1. The van der Waals surface area contributed by atoms with Gasteiger partial charge in [-0.05, 0) is 21.0 Å². The highest BCUT2D eigenvalue weighted by atomic mass is 16.5. The Labute approximate surface area is 122 Å². The van der Waals surface area contributed by atoms with Gasteiger partial charge in [-0.15, -0.1) is 0 Å². The number of likely N-dealkylation sites (N-methyl/N-ethyl adjacent to an activating group) is 1. The molecule has 2 aromatic heterocycles. The van der Waals surface area contributed by atoms with Crippen molar-refractivity contribution in [2.45, 2.75) is 6.92 Å². The smallest absolute Gasteiger partial charge is 0.254 e. The highest BCUT2D eigenvalue weighted by Gasteiger charge is 2.08. The largest absolute Gasteiger partial charge is 0.360 e. The molecule has 2 N–H and O–H groups in total. The first-order chi connectivity index (χ1) is 10.0. The minimum Gasteiger partial charge on any atom is -0.360 e. The van der Waals surface area contributed by atoms with Gasteiger partial charge in [-0.2, -0.15) is 0 Å². The van der Waals surface area contributed by atoms with Gasteiger partial charge in [0.2, 0.25) is 5.95 Å². The highest BCUT2D eigenvalue weighted by Crippen LogP contribution is 2.11. The first kappa shape index (κ1) is 14.9. The van der Waals surface area contributed by atoms with Gasteiger partial charge in [0, 0.05) is 31.5 Å². The van der Waals surface area contributed by atoms with Crippen molar-refractivity contribution in [3.63, 3.8) is 0 Å². The molecule has 0 aromatic carbocycles. The fourth-order valence-corrected chi connectivity index (χ4v) is 1.54. The Hall–Kier alpha value is -2.48. The van der Waals surface area contributed by atoms with Gasteiger partial charge in [0.05, 0.1) is 5.56 Å². The quantitative estimate of drug-likeness (QED) is 0.812. The Balaban J connectivity index is 1.90. The number of aromatic nitrogens is 3. The molecule has 8 heteroatoms. The SMILES string of the molecule is Cc1cc(Nc2ncc(C(=O)NCCN(C)C)cn2)no1. The van der Waals surface area contributed by atoms with Crippen molar-refractivity contribution < 1.29 is 9.32 Å². The lowest BCUT2D eigenvalue weighted by Gasteiger charge is -2.10. The number of aryl methyl sites for hydroxylation is 1. The molecular formula is C13H18N6O2. The predicted molar refractivity (Wildman–Crippen MR) is 77.4 cm³/mol. The molecule has 0 atom stereocenters. The van der Waals surface area contributed by atoms with E-state index in [-0.39, 0.29) is 5.91 Å². The third-order valence-electron chi connectivity index (χ3n) is 2.63. The molecule has 0 aliphatic carbocycles. The van der Waals surface area contributed by atoms with Gasteiger partial charge in [-0.1, -0.05) is 5.16 Å². The average molecular weight is 290 g/mol. The summed E-state index contributed by atoms with van der Waals surface area (Å²) in [4.78, 5) is 22.0. The zero-order valence-electron chi connectivity index (χ0n) is 12.3. The van der Waals surface area contributed by atoms with Crippen LogP contribution in [-0.4, -0.2) is 53.1 Å². The second-order valence-corrected chi connectivity index (χ2v) is 4.80. The summed E-state index contributed by atoms with van der Waals surface area (Å²) in [6.45, 7) is 3.14. The number of nitrogens with zero attached hydrogens (tertiary/aromatic N) is 4. The number of hydrogen-bond acceptors (Lipinski definition) is 7. The Morgan fingerprint density at radius 3 is 2.62 bits per heavy atom. The molecular weight excluding hydrogens is 272 g/mol. The van der Waals surface area contributed by atoms with E-state index >= 15 is 0 Å². The van der Waals surface area contributed by atoms with E-state index in [9.17, 15) is 4.79 Å². The molecule has 0 fully saturated rings. The van der Waals surface area contributed by atoms with Gasteiger partial charge in [0.15, 0.2) is 5.82 Å². The highest BCUT2D eigenvalue weighted by molar-refractivity contribution is 5.93. The van der Waals surface area contributed by atoms with Gasteiger partial charge < -0.3 is 20.1 Å². The van der Waals surface area contributed by atoms with Gasteiger partial charge in [0.25, 0.3) is 5.91 Å².